The van der Waals surface area contributed by atoms with Gasteiger partial charge in [0.05, 0.1) is 0 Å². The highest BCUT2D eigenvalue weighted by Crippen LogP contribution is 2.11. The van der Waals surface area contributed by atoms with Gasteiger partial charge in [-0.3, -0.25) is 9.59 Å². The van der Waals surface area contributed by atoms with E-state index in [0.29, 0.717) is 31.9 Å². The summed E-state index contributed by atoms with van der Waals surface area (Å²) in [7, 11) is 2.05. The summed E-state index contributed by atoms with van der Waals surface area (Å²) >= 11 is 1.21. The quantitative estimate of drug-likeness (QED) is 0.628. The number of nitrogens with one attached hydrogen (secondary N) is 1. The molecule has 1 aliphatic heterocycles. The molecule has 31 heavy (non-hydrogen) atoms. The molecule has 1 fully saturated rings. The minimum Gasteiger partial charge on any atom is -0.338 e. The maximum atomic E-state index is 13.1. The lowest BCUT2D eigenvalue weighted by molar-refractivity contribution is -0.135. The topological polar surface area (TPSA) is 73.0 Å². The summed E-state index contributed by atoms with van der Waals surface area (Å²) in [5.74, 6) is 0.507. The van der Waals surface area contributed by atoms with Crippen molar-refractivity contribution in [2.24, 2.45) is 5.92 Å². The van der Waals surface area contributed by atoms with Gasteiger partial charge in [0.1, 0.15) is 6.04 Å². The lowest BCUT2D eigenvalue weighted by Crippen LogP contribution is -2.57. The third kappa shape index (κ3) is 8.53. The normalized spacial score (nSPS) is 15.6. The molecule has 0 radical (unpaired) electrons. The Morgan fingerprint density at radius 3 is 2.29 bits per heavy atom. The summed E-state index contributed by atoms with van der Waals surface area (Å²) in [6, 6.07) is 9.19. The zero-order valence-electron chi connectivity index (χ0n) is 19.2. The molecular weight excluding hydrogens is 412 g/mol. The van der Waals surface area contributed by atoms with Gasteiger partial charge in [0.2, 0.25) is 5.91 Å². The number of likely N-dealkylation sites (N-methyl/N-ethyl adjacent to an activating group) is 1. The van der Waals surface area contributed by atoms with Crippen LogP contribution in [0.1, 0.15) is 26.3 Å². The minimum atomic E-state index is -0.560. The molecule has 0 aliphatic carbocycles. The largest absolute Gasteiger partial charge is 0.338 e. The number of piperazine rings is 1. The first-order valence-corrected chi connectivity index (χ1v) is 12.0. The number of carbonyl (C=O) groups excluding carboxylic acids is 3. The first-order valence-electron chi connectivity index (χ1n) is 11.0. The molecule has 2 rings (SSSR count). The Morgan fingerprint density at radius 1 is 1.06 bits per heavy atom. The van der Waals surface area contributed by atoms with E-state index in [4.69, 9.17) is 0 Å². The molecule has 0 bridgehead atoms. The number of urea groups is 1. The molecule has 0 spiro atoms. The maximum Gasteiger partial charge on any atom is 0.318 e. The summed E-state index contributed by atoms with van der Waals surface area (Å²) in [6.45, 7) is 9.48. The fourth-order valence-electron chi connectivity index (χ4n) is 3.48. The maximum absolute atomic E-state index is 13.1. The summed E-state index contributed by atoms with van der Waals surface area (Å²) in [6.07, 6.45) is 0.720. The van der Waals surface area contributed by atoms with Crippen LogP contribution in [0.5, 0.6) is 0 Å². The van der Waals surface area contributed by atoms with Gasteiger partial charge in [0.25, 0.3) is 0 Å². The average molecular weight is 449 g/mol. The van der Waals surface area contributed by atoms with E-state index >= 15 is 0 Å². The highest BCUT2D eigenvalue weighted by molar-refractivity contribution is 8.13. The molecule has 1 atom stereocenters. The van der Waals surface area contributed by atoms with Crippen LogP contribution in [0.2, 0.25) is 0 Å². The molecule has 172 valence electrons. The van der Waals surface area contributed by atoms with Gasteiger partial charge in [-0.25, -0.2) is 4.79 Å². The molecule has 0 unspecified atom stereocenters. The fourth-order valence-corrected chi connectivity index (χ4v) is 4.08. The van der Waals surface area contributed by atoms with Crippen LogP contribution in [0.25, 0.3) is 0 Å². The number of hydrogen-bond donors (Lipinski definition) is 1. The molecule has 7 nitrogen and oxygen atoms in total. The molecule has 1 saturated heterocycles. The predicted molar refractivity (Wildman–Crippen MR) is 126 cm³/mol. The highest BCUT2D eigenvalue weighted by atomic mass is 32.2. The first kappa shape index (κ1) is 25.2. The van der Waals surface area contributed by atoms with Crippen molar-refractivity contribution in [1.82, 2.24) is 20.0 Å². The molecule has 0 saturated carbocycles. The van der Waals surface area contributed by atoms with E-state index in [1.54, 1.807) is 4.90 Å². The van der Waals surface area contributed by atoms with Crippen molar-refractivity contribution >= 4 is 28.8 Å². The van der Waals surface area contributed by atoms with E-state index in [0.717, 1.165) is 25.1 Å². The number of benzene rings is 1. The van der Waals surface area contributed by atoms with Gasteiger partial charge >= 0.3 is 6.03 Å². The van der Waals surface area contributed by atoms with Crippen LogP contribution in [-0.2, 0) is 16.0 Å². The van der Waals surface area contributed by atoms with E-state index in [2.05, 4.69) is 10.2 Å². The fraction of sp³-hybridized carbons (Fsp3) is 0.609. The number of rotatable bonds is 9. The van der Waals surface area contributed by atoms with Crippen molar-refractivity contribution in [2.75, 3.05) is 52.1 Å². The second-order valence-electron chi connectivity index (χ2n) is 8.36. The Hall–Kier alpha value is -2.06. The van der Waals surface area contributed by atoms with Crippen molar-refractivity contribution in [2.45, 2.75) is 33.2 Å². The Balaban J connectivity index is 2.02. The number of carbonyl (C=O) groups is 3. The predicted octanol–water partition coefficient (Wildman–Crippen LogP) is 2.32. The zero-order chi connectivity index (χ0) is 22.8. The third-order valence-corrected chi connectivity index (χ3v) is 6.29. The number of amides is 3. The third-order valence-electron chi connectivity index (χ3n) is 5.49. The Labute approximate surface area is 190 Å². The number of hydrogen-bond acceptors (Lipinski definition) is 5. The van der Waals surface area contributed by atoms with Crippen molar-refractivity contribution in [1.29, 1.82) is 0 Å². The van der Waals surface area contributed by atoms with Crippen LogP contribution < -0.4 is 5.32 Å². The Kier molecular flexibility index (Phi) is 10.3. The molecule has 0 aromatic heterocycles. The standard InChI is InChI=1S/C23H36N4O3S/c1-18(2)21(22(29)26-14-12-25(4)13-15-26)24-23(30)27(16-17-31-19(3)28)11-10-20-8-6-5-7-9-20/h5-9,18,21H,10-17H2,1-4H3,(H,24,30)/t21-/m0/s1. The molecule has 1 heterocycles. The van der Waals surface area contributed by atoms with Crippen LogP contribution >= 0.6 is 11.8 Å². The monoisotopic (exact) mass is 448 g/mol. The molecule has 3 amide bonds. The summed E-state index contributed by atoms with van der Waals surface area (Å²) < 4.78 is 0. The number of thioether (sulfide) groups is 1. The second-order valence-corrected chi connectivity index (χ2v) is 9.63. The van der Waals surface area contributed by atoms with E-state index in [1.807, 2.05) is 56.1 Å². The SMILES string of the molecule is CC(=O)SCCN(CCc1ccccc1)C(=O)N[C@H](C(=O)N1CCN(C)CC1)C(C)C. The first-order chi connectivity index (χ1) is 14.8. The highest BCUT2D eigenvalue weighted by Gasteiger charge is 2.31. The van der Waals surface area contributed by atoms with E-state index in [9.17, 15) is 14.4 Å². The van der Waals surface area contributed by atoms with Crippen LogP contribution in [0.4, 0.5) is 4.79 Å². The van der Waals surface area contributed by atoms with Crippen LogP contribution in [0.3, 0.4) is 0 Å². The Bertz CT molecular complexity index is 721. The van der Waals surface area contributed by atoms with E-state index in [-0.39, 0.29) is 23.0 Å². The molecule has 1 aliphatic rings. The molecule has 1 aromatic rings. The van der Waals surface area contributed by atoms with E-state index < -0.39 is 6.04 Å². The number of nitrogens with zero attached hydrogens (tertiary/aromatic N) is 3. The van der Waals surface area contributed by atoms with Gasteiger partial charge in [-0.15, -0.1) is 0 Å². The van der Waals surface area contributed by atoms with Gasteiger partial charge in [0, 0.05) is 51.9 Å². The summed E-state index contributed by atoms with van der Waals surface area (Å²) in [4.78, 5) is 43.3. The van der Waals surface area contributed by atoms with Crippen LogP contribution in [-0.4, -0.2) is 89.9 Å². The lowest BCUT2D eigenvalue weighted by atomic mass is 10.0. The van der Waals surface area contributed by atoms with Crippen molar-refractivity contribution in [3.8, 4) is 0 Å². The van der Waals surface area contributed by atoms with Gasteiger partial charge in [-0.2, -0.15) is 0 Å². The average Bonchev–Trinajstić information content (AvgIpc) is 2.74. The zero-order valence-corrected chi connectivity index (χ0v) is 20.0. The minimum absolute atomic E-state index is 0.0151. The van der Waals surface area contributed by atoms with Crippen molar-refractivity contribution in [3.63, 3.8) is 0 Å². The van der Waals surface area contributed by atoms with Crippen molar-refractivity contribution < 1.29 is 14.4 Å². The van der Waals surface area contributed by atoms with Gasteiger partial charge in [-0.05, 0) is 24.9 Å². The van der Waals surface area contributed by atoms with Gasteiger partial charge < -0.3 is 20.0 Å². The van der Waals surface area contributed by atoms with Gasteiger partial charge in [-0.1, -0.05) is 55.9 Å². The van der Waals surface area contributed by atoms with Gasteiger partial charge in [0.15, 0.2) is 5.12 Å². The molecule has 8 heteroatoms. The lowest BCUT2D eigenvalue weighted by Gasteiger charge is -2.36. The summed E-state index contributed by atoms with van der Waals surface area (Å²) in [5.41, 5.74) is 1.15. The van der Waals surface area contributed by atoms with Crippen LogP contribution in [0, 0.1) is 5.92 Å². The van der Waals surface area contributed by atoms with Crippen molar-refractivity contribution in [3.05, 3.63) is 35.9 Å². The second kappa shape index (κ2) is 12.7. The molecule has 1 aromatic carbocycles. The molecular formula is C23H36N4O3S. The Morgan fingerprint density at radius 2 is 1.71 bits per heavy atom. The van der Waals surface area contributed by atoms with Crippen LogP contribution in [0.15, 0.2) is 30.3 Å². The molecule has 1 N–H and O–H groups in total. The smallest absolute Gasteiger partial charge is 0.318 e. The summed E-state index contributed by atoms with van der Waals surface area (Å²) in [5, 5.41) is 3.02. The van der Waals surface area contributed by atoms with E-state index in [1.165, 1.54) is 18.7 Å².